The van der Waals surface area contributed by atoms with Crippen molar-refractivity contribution in [1.82, 2.24) is 15.0 Å². The molecule has 108 valence electrons. The van der Waals surface area contributed by atoms with Gasteiger partial charge in [-0.1, -0.05) is 31.0 Å². The first kappa shape index (κ1) is 12.6. The molecule has 4 rings (SSSR count). The SMILES string of the molecule is Nc1nc(C2CCCC2)nc(C2COc3ccccc32)n1. The van der Waals surface area contributed by atoms with Crippen LogP contribution in [-0.2, 0) is 0 Å². The lowest BCUT2D eigenvalue weighted by Crippen LogP contribution is -2.14. The molecule has 0 amide bonds. The summed E-state index contributed by atoms with van der Waals surface area (Å²) < 4.78 is 5.73. The molecule has 1 aliphatic carbocycles. The largest absolute Gasteiger partial charge is 0.492 e. The van der Waals surface area contributed by atoms with Crippen LogP contribution in [0.25, 0.3) is 0 Å². The first-order valence-electron chi connectivity index (χ1n) is 7.54. The lowest BCUT2D eigenvalue weighted by atomic mass is 10.0. The Balaban J connectivity index is 1.72. The Morgan fingerprint density at radius 3 is 2.62 bits per heavy atom. The monoisotopic (exact) mass is 282 g/mol. The van der Waals surface area contributed by atoms with Crippen LogP contribution in [-0.4, -0.2) is 21.6 Å². The van der Waals surface area contributed by atoms with E-state index in [0.717, 1.165) is 35.8 Å². The third-order valence-corrected chi connectivity index (χ3v) is 4.42. The van der Waals surface area contributed by atoms with Gasteiger partial charge in [0, 0.05) is 11.5 Å². The first-order valence-corrected chi connectivity index (χ1v) is 7.54. The number of para-hydroxylation sites is 1. The molecule has 1 atom stereocenters. The molecule has 5 nitrogen and oxygen atoms in total. The van der Waals surface area contributed by atoms with Crippen molar-refractivity contribution in [1.29, 1.82) is 0 Å². The van der Waals surface area contributed by atoms with E-state index in [2.05, 4.69) is 16.0 Å². The molecule has 1 aromatic carbocycles. The predicted octanol–water partition coefficient (Wildman–Crippen LogP) is 2.64. The molecular weight excluding hydrogens is 264 g/mol. The Labute approximate surface area is 123 Å². The number of anilines is 1. The number of fused-ring (bicyclic) bond motifs is 1. The van der Waals surface area contributed by atoms with Crippen molar-refractivity contribution >= 4 is 5.95 Å². The van der Waals surface area contributed by atoms with Gasteiger partial charge in [-0.3, -0.25) is 0 Å². The fourth-order valence-corrected chi connectivity index (χ4v) is 3.33. The third-order valence-electron chi connectivity index (χ3n) is 4.42. The number of nitrogens with two attached hydrogens (primary N) is 1. The average Bonchev–Trinajstić information content (AvgIpc) is 3.16. The molecular formula is C16H18N4O. The van der Waals surface area contributed by atoms with Crippen LogP contribution in [0.3, 0.4) is 0 Å². The summed E-state index contributed by atoms with van der Waals surface area (Å²) in [7, 11) is 0. The van der Waals surface area contributed by atoms with Gasteiger partial charge in [-0.25, -0.2) is 4.98 Å². The Morgan fingerprint density at radius 1 is 1.00 bits per heavy atom. The topological polar surface area (TPSA) is 73.9 Å². The summed E-state index contributed by atoms with van der Waals surface area (Å²) in [5, 5.41) is 0. The van der Waals surface area contributed by atoms with Crippen LogP contribution in [0.4, 0.5) is 5.95 Å². The summed E-state index contributed by atoms with van der Waals surface area (Å²) in [6, 6.07) is 8.05. The molecule has 1 unspecified atom stereocenters. The minimum Gasteiger partial charge on any atom is -0.492 e. The van der Waals surface area contributed by atoms with E-state index in [9.17, 15) is 0 Å². The number of hydrogen-bond donors (Lipinski definition) is 1. The number of benzene rings is 1. The smallest absolute Gasteiger partial charge is 0.223 e. The molecule has 0 saturated heterocycles. The summed E-state index contributed by atoms with van der Waals surface area (Å²) in [6.07, 6.45) is 4.81. The maximum Gasteiger partial charge on any atom is 0.223 e. The van der Waals surface area contributed by atoms with E-state index >= 15 is 0 Å². The lowest BCUT2D eigenvalue weighted by molar-refractivity contribution is 0.339. The summed E-state index contributed by atoms with van der Waals surface area (Å²) in [4.78, 5) is 13.4. The predicted molar refractivity (Wildman–Crippen MR) is 79.2 cm³/mol. The number of aromatic nitrogens is 3. The highest BCUT2D eigenvalue weighted by atomic mass is 16.5. The van der Waals surface area contributed by atoms with E-state index < -0.39 is 0 Å². The molecule has 1 fully saturated rings. The second-order valence-electron chi connectivity index (χ2n) is 5.79. The van der Waals surface area contributed by atoms with Crippen LogP contribution < -0.4 is 10.5 Å². The van der Waals surface area contributed by atoms with Gasteiger partial charge >= 0.3 is 0 Å². The highest BCUT2D eigenvalue weighted by molar-refractivity contribution is 5.43. The van der Waals surface area contributed by atoms with E-state index in [4.69, 9.17) is 15.5 Å². The van der Waals surface area contributed by atoms with Gasteiger partial charge in [0.05, 0.1) is 5.92 Å². The molecule has 1 saturated carbocycles. The quantitative estimate of drug-likeness (QED) is 0.916. The molecule has 21 heavy (non-hydrogen) atoms. The minimum absolute atomic E-state index is 0.0617. The van der Waals surface area contributed by atoms with Gasteiger partial charge in [0.15, 0.2) is 0 Å². The average molecular weight is 282 g/mol. The molecule has 2 heterocycles. The van der Waals surface area contributed by atoms with Crippen LogP contribution in [0.5, 0.6) is 5.75 Å². The first-order chi connectivity index (χ1) is 10.3. The van der Waals surface area contributed by atoms with Crippen molar-refractivity contribution in [2.75, 3.05) is 12.3 Å². The van der Waals surface area contributed by atoms with Crippen molar-refractivity contribution in [3.8, 4) is 5.75 Å². The van der Waals surface area contributed by atoms with Crippen molar-refractivity contribution in [2.24, 2.45) is 0 Å². The number of ether oxygens (including phenoxy) is 1. The highest BCUT2D eigenvalue weighted by Crippen LogP contribution is 2.38. The number of nitrogens with zero attached hydrogens (tertiary/aromatic N) is 3. The Morgan fingerprint density at radius 2 is 1.76 bits per heavy atom. The van der Waals surface area contributed by atoms with Crippen LogP contribution in [0.2, 0.25) is 0 Å². The van der Waals surface area contributed by atoms with Crippen LogP contribution in [0.1, 0.15) is 54.7 Å². The van der Waals surface area contributed by atoms with Gasteiger partial charge < -0.3 is 10.5 Å². The molecule has 0 spiro atoms. The summed E-state index contributed by atoms with van der Waals surface area (Å²) in [6.45, 7) is 0.576. The summed E-state index contributed by atoms with van der Waals surface area (Å²) in [5.41, 5.74) is 7.05. The van der Waals surface area contributed by atoms with Crippen LogP contribution in [0, 0.1) is 0 Å². The number of hydrogen-bond acceptors (Lipinski definition) is 5. The highest BCUT2D eigenvalue weighted by Gasteiger charge is 2.29. The number of nitrogen functional groups attached to an aromatic ring is 1. The maximum atomic E-state index is 5.91. The molecule has 2 N–H and O–H groups in total. The Hall–Kier alpha value is -2.17. The van der Waals surface area contributed by atoms with Gasteiger partial charge in [-0.05, 0) is 18.9 Å². The van der Waals surface area contributed by atoms with Gasteiger partial charge in [-0.15, -0.1) is 0 Å². The van der Waals surface area contributed by atoms with Crippen molar-refractivity contribution < 1.29 is 4.74 Å². The third kappa shape index (κ3) is 2.22. The molecule has 2 aromatic rings. The van der Waals surface area contributed by atoms with Gasteiger partial charge in [0.1, 0.15) is 24.0 Å². The normalized spacial score (nSPS) is 21.2. The van der Waals surface area contributed by atoms with Gasteiger partial charge in [0.2, 0.25) is 5.95 Å². The van der Waals surface area contributed by atoms with E-state index in [1.54, 1.807) is 0 Å². The van der Waals surface area contributed by atoms with Crippen molar-refractivity contribution in [3.05, 3.63) is 41.5 Å². The Kier molecular flexibility index (Phi) is 2.98. The minimum atomic E-state index is 0.0617. The zero-order valence-electron chi connectivity index (χ0n) is 11.8. The lowest BCUT2D eigenvalue weighted by Gasteiger charge is -2.12. The van der Waals surface area contributed by atoms with Crippen LogP contribution in [0.15, 0.2) is 24.3 Å². The zero-order chi connectivity index (χ0) is 14.2. The second-order valence-corrected chi connectivity index (χ2v) is 5.79. The zero-order valence-corrected chi connectivity index (χ0v) is 11.8. The van der Waals surface area contributed by atoms with Crippen molar-refractivity contribution in [3.63, 3.8) is 0 Å². The molecule has 5 heteroatoms. The fraction of sp³-hybridized carbons (Fsp3) is 0.438. The molecule has 1 aromatic heterocycles. The van der Waals surface area contributed by atoms with Crippen molar-refractivity contribution in [2.45, 2.75) is 37.5 Å². The van der Waals surface area contributed by atoms with Crippen LogP contribution >= 0.6 is 0 Å². The summed E-state index contributed by atoms with van der Waals surface area (Å²) in [5.74, 6) is 3.35. The van der Waals surface area contributed by atoms with E-state index in [-0.39, 0.29) is 5.92 Å². The fourth-order valence-electron chi connectivity index (χ4n) is 3.33. The van der Waals surface area contributed by atoms with E-state index in [1.807, 2.05) is 18.2 Å². The Bertz CT molecular complexity index is 667. The van der Waals surface area contributed by atoms with Gasteiger partial charge in [0.25, 0.3) is 0 Å². The number of rotatable bonds is 2. The maximum absolute atomic E-state index is 5.91. The second kappa shape index (κ2) is 4.98. The molecule has 1 aliphatic heterocycles. The van der Waals surface area contributed by atoms with E-state index in [0.29, 0.717) is 18.5 Å². The molecule has 0 radical (unpaired) electrons. The standard InChI is InChI=1S/C16H18N4O/c17-16-19-14(10-5-1-2-6-10)18-15(20-16)12-9-21-13-8-4-3-7-11(12)13/h3-4,7-8,10,12H,1-2,5-6,9H2,(H2,17,18,19,20). The molecule has 2 aliphatic rings. The molecule has 0 bridgehead atoms. The summed E-state index contributed by atoms with van der Waals surface area (Å²) >= 11 is 0. The van der Waals surface area contributed by atoms with Gasteiger partial charge in [-0.2, -0.15) is 9.97 Å². The van der Waals surface area contributed by atoms with E-state index in [1.165, 1.54) is 12.8 Å².